The molecule has 0 N–H and O–H groups in total. The van der Waals surface area contributed by atoms with E-state index in [9.17, 15) is 158 Å². The summed E-state index contributed by atoms with van der Waals surface area (Å²) in [6.45, 7) is -14.7. The van der Waals surface area contributed by atoms with Crippen LogP contribution in [0.3, 0.4) is 0 Å². The van der Waals surface area contributed by atoms with Gasteiger partial charge in [-0.2, -0.15) is 140 Å². The van der Waals surface area contributed by atoms with E-state index in [1.165, 1.54) is 28.4 Å². The molecule has 0 radical (unpaired) electrons. The summed E-state index contributed by atoms with van der Waals surface area (Å²) in [6.07, 6.45) is -50.5. The molecule has 0 rings (SSSR count). The lowest BCUT2D eigenvalue weighted by Gasteiger charge is -2.30. The highest BCUT2D eigenvalue weighted by Crippen LogP contribution is 2.39. The highest BCUT2D eigenvalue weighted by atomic mass is 28.4. The van der Waals surface area contributed by atoms with E-state index >= 15 is 0 Å². The van der Waals surface area contributed by atoms with E-state index in [2.05, 4.69) is 70.8 Å². The lowest BCUT2D eigenvalue weighted by molar-refractivity contribution is -0.301. The second kappa shape index (κ2) is 81.4. The number of rotatable bonds is 42. The average molecular weight is 2090 g/mol. The second-order valence-electron chi connectivity index (χ2n) is 17.8. The molecule has 0 aromatic carbocycles. The largest absolute Gasteiger partial charge is 0.680 e. The molecule has 0 aliphatic carbocycles. The first-order valence-corrected chi connectivity index (χ1v) is 37.1. The Bertz CT molecular complexity index is 2110. The van der Waals surface area contributed by atoms with Crippen molar-refractivity contribution >= 4 is 54.0 Å². The molecule has 0 aliphatic rings. The van der Waals surface area contributed by atoms with Crippen molar-refractivity contribution in [1.82, 2.24) is 0 Å². The van der Waals surface area contributed by atoms with Gasteiger partial charge in [-0.05, 0) is 20.8 Å². The Morgan fingerprint density at radius 1 is 0.192 bits per heavy atom. The van der Waals surface area contributed by atoms with Crippen LogP contribution in [0.2, 0.25) is 6.55 Å². The quantitative estimate of drug-likeness (QED) is 0.0410. The SMILES string of the molecule is C.C.C.C.C.C.C.C.C.C.C.C.C.C.C.C.C.C.C.CCO[Si](C)(OC)OCC.CCO[Si](OCC(F)(F)F)(OCC(F)(F)C(F)F)OCC(F)(F)C(F)F.CO[Si](OC)(OC)OC.CO[Si](OC)(OCC(F)(F)C(F)(F)F)OCC(F)(F)C(F)(F)F.CO[Si](OC)(OCC(F)(F)F)OCC(F)(F)F.CO[Si](OCC(F)(F)F)(OCC(F)(F)F)OCC(F)(F)F. The van der Waals surface area contributed by atoms with Gasteiger partial charge in [-0.1, -0.05) is 141 Å². The molecule has 0 spiro atoms. The smallest absolute Gasteiger partial charge is 0.377 e. The lowest BCUT2D eigenvalue weighted by atomic mass is 10.3. The van der Waals surface area contributed by atoms with Gasteiger partial charge in [0, 0.05) is 97.5 Å². The number of hydrogen-bond donors (Lipinski definition) is 0. The third kappa shape index (κ3) is 89.5. The maximum absolute atomic E-state index is 12.9. The van der Waals surface area contributed by atoms with Crippen LogP contribution in [-0.2, 0) is 102 Å². The molecule has 125 heavy (non-hydrogen) atoms. The Balaban J connectivity index is -0.0000000416. The molecule has 0 aromatic rings. The summed E-state index contributed by atoms with van der Waals surface area (Å²) in [5, 5.41) is 0. The third-order valence-corrected chi connectivity index (χ3v) is 21.9. The number of hydrogen-bond acceptors (Lipinski definition) is 23. The van der Waals surface area contributed by atoms with Crippen LogP contribution in [0.25, 0.3) is 0 Å². The van der Waals surface area contributed by atoms with Gasteiger partial charge in [0.2, 0.25) is 0 Å². The summed E-state index contributed by atoms with van der Waals surface area (Å²) >= 11 is 0. The number of alkyl halides is 36. The molecule has 0 atom stereocenters. The molecule has 0 unspecified atom stereocenters. The van der Waals surface area contributed by atoms with Crippen LogP contribution in [-0.4, -0.2) is 297 Å². The summed E-state index contributed by atoms with van der Waals surface area (Å²) in [5.41, 5.74) is 0. The van der Waals surface area contributed by atoms with Gasteiger partial charge in [-0.25, -0.2) is 17.6 Å². The standard InChI is InChI=1S/C10H13F11O4Si.C8H10F10O4Si.C7H9F9O4Si.C6H10F6O4Si.C6H16O3Si.C4H12O4Si.19CH4/c1-2-22-26(25-5-10(19,20)21,23-3-8(15,16)6(11)12)24-4-9(17,18)7(13)14;1-19-23(20-2,21-3-5(9,10)7(13,14)15)22-4-6(11,12)8(16,17)18;1-17-21(18-2-5(8,9)10,19-3-6(11,12)13)20-4-7(14,15)16;1-13-17(14-2,15-3-5(7,8)9)16-4-6(10,11)12;1-5-8-10(4,7-3)9-6-2;1-5-9(6-2,7-3)8-4;;;;;;;;;;;;;;;;;;;/h6-7H,2-5H2,1H3;3-4H2,1-2H3;2-4H2,1H3;3-4H2,1-2H3;5-6H2,1-4H3;1-4H3;19*1H4. The topological polar surface area (TPSA) is 212 Å². The second-order valence-corrected chi connectivity index (χ2v) is 32.4. The first-order chi connectivity index (χ1) is 47.2. The maximum atomic E-state index is 12.9. The van der Waals surface area contributed by atoms with Crippen LogP contribution in [0, 0.1) is 0 Å². The normalized spacial score (nSPS) is 12.0. The van der Waals surface area contributed by atoms with E-state index in [0.717, 1.165) is 21.1 Å². The molecule has 65 heteroatoms. The van der Waals surface area contributed by atoms with E-state index in [4.69, 9.17) is 31.0 Å². The Morgan fingerprint density at radius 3 is 0.472 bits per heavy atom. The van der Waals surface area contributed by atoms with Gasteiger partial charge in [-0.3, -0.25) is 0 Å². The zero-order chi connectivity index (χ0) is 85.6. The first-order valence-electron chi connectivity index (χ1n) is 26.7. The zero-order valence-electron chi connectivity index (χ0n) is 56.3. The van der Waals surface area contributed by atoms with Crippen molar-refractivity contribution in [1.29, 1.82) is 0 Å². The van der Waals surface area contributed by atoms with E-state index in [1.807, 2.05) is 20.4 Å². The molecule has 800 valence electrons. The predicted molar refractivity (Wildman–Crippen MR) is 413 cm³/mol. The molecule has 0 saturated carbocycles. The maximum Gasteiger partial charge on any atom is 0.680 e. The molecule has 0 fully saturated rings. The molecule has 0 aliphatic heterocycles. The van der Waals surface area contributed by atoms with E-state index in [0.29, 0.717) is 34.5 Å². The van der Waals surface area contributed by atoms with Crippen LogP contribution in [0.1, 0.15) is 162 Å². The minimum Gasteiger partial charge on any atom is -0.377 e. The zero-order valence-corrected chi connectivity index (χ0v) is 62.3. The van der Waals surface area contributed by atoms with Gasteiger partial charge in [-0.15, -0.1) is 0 Å². The predicted octanol–water partition coefficient (Wildman–Crippen LogP) is 25.1. The van der Waals surface area contributed by atoms with Crippen LogP contribution in [0.5, 0.6) is 0 Å². The van der Waals surface area contributed by atoms with Crippen molar-refractivity contribution in [2.75, 3.05) is 157 Å². The minimum absolute atomic E-state index is 0. The van der Waals surface area contributed by atoms with Crippen LogP contribution >= 0.6 is 0 Å². The van der Waals surface area contributed by atoms with Crippen molar-refractivity contribution in [3.63, 3.8) is 0 Å². The number of halogens is 36. The summed E-state index contributed by atoms with van der Waals surface area (Å²) in [7, 11) is -14.4. The monoisotopic (exact) mass is 2090 g/mol. The van der Waals surface area contributed by atoms with E-state index in [1.54, 1.807) is 7.11 Å². The fourth-order valence-corrected chi connectivity index (χ4v) is 13.4. The van der Waals surface area contributed by atoms with Crippen molar-refractivity contribution < 1.29 is 260 Å². The summed E-state index contributed by atoms with van der Waals surface area (Å²) in [5.74, 6) is -20.7. The van der Waals surface area contributed by atoms with Gasteiger partial charge in [0.15, 0.2) is 0 Å². The summed E-state index contributed by atoms with van der Waals surface area (Å²) in [6, 6.07) is 0. The van der Waals surface area contributed by atoms with Crippen molar-refractivity contribution in [2.45, 2.75) is 254 Å². The Hall–Kier alpha value is -2.14. The highest BCUT2D eigenvalue weighted by Gasteiger charge is 2.64. The van der Waals surface area contributed by atoms with Crippen molar-refractivity contribution in [3.8, 4) is 0 Å². The Labute approximate surface area is 723 Å². The first kappa shape index (κ1) is 191. The molecule has 0 heterocycles. The van der Waals surface area contributed by atoms with E-state index < -0.39 is 213 Å². The van der Waals surface area contributed by atoms with Gasteiger partial charge in [0.1, 0.15) is 66.1 Å². The molecule has 0 amide bonds. The fourth-order valence-electron chi connectivity index (χ4n) is 4.67. The van der Waals surface area contributed by atoms with Gasteiger partial charge >= 0.3 is 140 Å². The molecular weight excluding hydrogens is 1940 g/mol. The molecule has 0 bridgehead atoms. The van der Waals surface area contributed by atoms with Gasteiger partial charge in [0.25, 0.3) is 0 Å². The van der Waals surface area contributed by atoms with Gasteiger partial charge < -0.3 is 102 Å². The fraction of sp³-hybridized carbons (Fsp3) is 1.00. The molecule has 0 saturated heterocycles. The molecule has 0 aromatic heterocycles. The van der Waals surface area contributed by atoms with Crippen LogP contribution < -0.4 is 0 Å². The van der Waals surface area contributed by atoms with Gasteiger partial charge in [0.05, 0.1) is 0 Å². The molecular formula is C60H146F36O23Si6. The third-order valence-electron chi connectivity index (χ3n) is 9.44. The Morgan fingerprint density at radius 2 is 0.344 bits per heavy atom. The lowest BCUT2D eigenvalue weighted by Crippen LogP contribution is -2.55. The average Bonchev–Trinajstić information content (AvgIpc) is 0.811. The Kier molecular flexibility index (Phi) is 124. The summed E-state index contributed by atoms with van der Waals surface area (Å²) in [4.78, 5) is 0. The highest BCUT2D eigenvalue weighted by molar-refractivity contribution is 6.59. The summed E-state index contributed by atoms with van der Waals surface area (Å²) < 4.78 is 538. The minimum atomic E-state index is -6.05. The van der Waals surface area contributed by atoms with Crippen LogP contribution in [0.4, 0.5) is 158 Å². The van der Waals surface area contributed by atoms with E-state index in [-0.39, 0.29) is 141 Å². The molecule has 23 nitrogen and oxygen atoms in total. The van der Waals surface area contributed by atoms with Crippen molar-refractivity contribution in [2.24, 2.45) is 0 Å². The van der Waals surface area contributed by atoms with Crippen LogP contribution in [0.15, 0.2) is 0 Å². The van der Waals surface area contributed by atoms with Crippen molar-refractivity contribution in [3.05, 3.63) is 0 Å².